The van der Waals surface area contributed by atoms with Crippen LogP contribution in [0.3, 0.4) is 0 Å². The van der Waals surface area contributed by atoms with Crippen LogP contribution in [0, 0.1) is 6.92 Å². The summed E-state index contributed by atoms with van der Waals surface area (Å²) in [5.74, 6) is 0. The summed E-state index contributed by atoms with van der Waals surface area (Å²) in [6.45, 7) is 8.99. The molecule has 0 aliphatic carbocycles. The highest BCUT2D eigenvalue weighted by molar-refractivity contribution is 9.10. The molecule has 1 aliphatic rings. The van der Waals surface area contributed by atoms with Gasteiger partial charge in [-0.25, -0.2) is 0 Å². The Balaban J connectivity index is 2.19. The standard InChI is InChI=1S/C16H25BrN2/c1-3-4-5-16(19-10-8-18-9-11-19)14-7-6-13(2)12-15(14)17/h6-7,12,16,18H,3-5,8-11H2,1-2H3/t16-/m1/s1. The SMILES string of the molecule is CCCC[C@H](c1ccc(C)cc1Br)N1CCNCC1. The topological polar surface area (TPSA) is 15.3 Å². The molecule has 0 aromatic heterocycles. The van der Waals surface area contributed by atoms with Crippen LogP contribution in [0.25, 0.3) is 0 Å². The lowest BCUT2D eigenvalue weighted by atomic mass is 9.98. The third kappa shape index (κ3) is 4.04. The van der Waals surface area contributed by atoms with Gasteiger partial charge in [-0.05, 0) is 30.5 Å². The molecule has 0 spiro atoms. The van der Waals surface area contributed by atoms with Crippen molar-refractivity contribution in [1.82, 2.24) is 10.2 Å². The van der Waals surface area contributed by atoms with E-state index < -0.39 is 0 Å². The summed E-state index contributed by atoms with van der Waals surface area (Å²) in [6.07, 6.45) is 3.83. The highest BCUT2D eigenvalue weighted by Gasteiger charge is 2.23. The van der Waals surface area contributed by atoms with E-state index in [1.807, 2.05) is 0 Å². The fourth-order valence-corrected chi connectivity index (χ4v) is 3.59. The maximum atomic E-state index is 3.76. The van der Waals surface area contributed by atoms with Gasteiger partial charge in [0.25, 0.3) is 0 Å². The highest BCUT2D eigenvalue weighted by atomic mass is 79.9. The predicted molar refractivity (Wildman–Crippen MR) is 85.6 cm³/mol. The molecule has 2 rings (SSSR count). The summed E-state index contributed by atoms with van der Waals surface area (Å²) >= 11 is 3.76. The van der Waals surface area contributed by atoms with Gasteiger partial charge in [0.2, 0.25) is 0 Å². The number of rotatable bonds is 5. The first-order chi connectivity index (χ1) is 9.22. The van der Waals surface area contributed by atoms with Crippen molar-refractivity contribution in [2.75, 3.05) is 26.2 Å². The van der Waals surface area contributed by atoms with E-state index in [0.29, 0.717) is 6.04 Å². The van der Waals surface area contributed by atoms with Crippen LogP contribution in [0.1, 0.15) is 43.4 Å². The normalized spacial score (nSPS) is 18.5. The fourth-order valence-electron chi connectivity index (χ4n) is 2.83. The molecule has 0 bridgehead atoms. The molecule has 0 radical (unpaired) electrons. The van der Waals surface area contributed by atoms with Gasteiger partial charge in [-0.2, -0.15) is 0 Å². The number of hydrogen-bond donors (Lipinski definition) is 1. The van der Waals surface area contributed by atoms with Gasteiger partial charge in [0, 0.05) is 36.7 Å². The van der Waals surface area contributed by atoms with Gasteiger partial charge in [-0.1, -0.05) is 47.8 Å². The molecule has 1 aliphatic heterocycles. The van der Waals surface area contributed by atoms with E-state index in [9.17, 15) is 0 Å². The van der Waals surface area contributed by atoms with Crippen molar-refractivity contribution in [2.45, 2.75) is 39.2 Å². The van der Waals surface area contributed by atoms with E-state index in [-0.39, 0.29) is 0 Å². The summed E-state index contributed by atoms with van der Waals surface area (Å²) in [4.78, 5) is 2.64. The van der Waals surface area contributed by atoms with Crippen molar-refractivity contribution in [1.29, 1.82) is 0 Å². The third-order valence-electron chi connectivity index (χ3n) is 3.94. The molecule has 0 unspecified atom stereocenters. The van der Waals surface area contributed by atoms with Crippen LogP contribution >= 0.6 is 15.9 Å². The van der Waals surface area contributed by atoms with Crippen molar-refractivity contribution < 1.29 is 0 Å². The third-order valence-corrected chi connectivity index (χ3v) is 4.63. The minimum absolute atomic E-state index is 0.567. The Bertz CT molecular complexity index is 400. The molecule has 2 nitrogen and oxygen atoms in total. The monoisotopic (exact) mass is 324 g/mol. The molecule has 19 heavy (non-hydrogen) atoms. The first kappa shape index (κ1) is 15.0. The first-order valence-corrected chi connectivity index (χ1v) is 8.22. The summed E-state index contributed by atoms with van der Waals surface area (Å²) in [5, 5.41) is 3.45. The number of benzene rings is 1. The molecule has 0 amide bonds. The van der Waals surface area contributed by atoms with Gasteiger partial charge in [0.1, 0.15) is 0 Å². The average molecular weight is 325 g/mol. The zero-order valence-electron chi connectivity index (χ0n) is 12.1. The van der Waals surface area contributed by atoms with Crippen LogP contribution in [0.5, 0.6) is 0 Å². The molecule has 106 valence electrons. The minimum Gasteiger partial charge on any atom is -0.314 e. The summed E-state index contributed by atoms with van der Waals surface area (Å²) in [5.41, 5.74) is 2.78. The Morgan fingerprint density at radius 2 is 2.05 bits per heavy atom. The van der Waals surface area contributed by atoms with Gasteiger partial charge in [-0.3, -0.25) is 4.90 Å². The van der Waals surface area contributed by atoms with E-state index in [2.05, 4.69) is 58.2 Å². The molecule has 1 aromatic rings. The molecule has 1 fully saturated rings. The Morgan fingerprint density at radius 1 is 1.32 bits per heavy atom. The molecule has 1 atom stereocenters. The smallest absolute Gasteiger partial charge is 0.0360 e. The zero-order chi connectivity index (χ0) is 13.7. The quantitative estimate of drug-likeness (QED) is 0.883. The maximum absolute atomic E-state index is 3.76. The van der Waals surface area contributed by atoms with Crippen LogP contribution < -0.4 is 5.32 Å². The molecule has 0 saturated carbocycles. The molecule has 3 heteroatoms. The zero-order valence-corrected chi connectivity index (χ0v) is 13.7. The van der Waals surface area contributed by atoms with Gasteiger partial charge >= 0.3 is 0 Å². The van der Waals surface area contributed by atoms with Crippen LogP contribution in [0.4, 0.5) is 0 Å². The summed E-state index contributed by atoms with van der Waals surface area (Å²) in [7, 11) is 0. The maximum Gasteiger partial charge on any atom is 0.0360 e. The van der Waals surface area contributed by atoms with E-state index in [1.165, 1.54) is 34.9 Å². The van der Waals surface area contributed by atoms with Crippen LogP contribution in [0.2, 0.25) is 0 Å². The number of piperazine rings is 1. The van der Waals surface area contributed by atoms with Gasteiger partial charge in [0.05, 0.1) is 0 Å². The minimum atomic E-state index is 0.567. The molecule has 1 aromatic carbocycles. The number of aryl methyl sites for hydroxylation is 1. The van der Waals surface area contributed by atoms with Crippen LogP contribution in [-0.4, -0.2) is 31.1 Å². The van der Waals surface area contributed by atoms with E-state index in [0.717, 1.165) is 26.2 Å². The van der Waals surface area contributed by atoms with E-state index >= 15 is 0 Å². The van der Waals surface area contributed by atoms with Crippen LogP contribution in [-0.2, 0) is 0 Å². The second-order valence-electron chi connectivity index (χ2n) is 5.47. The number of nitrogens with one attached hydrogen (secondary N) is 1. The Morgan fingerprint density at radius 3 is 2.68 bits per heavy atom. The van der Waals surface area contributed by atoms with E-state index in [4.69, 9.17) is 0 Å². The summed E-state index contributed by atoms with van der Waals surface area (Å²) in [6, 6.07) is 7.36. The molecular weight excluding hydrogens is 300 g/mol. The molecule has 1 saturated heterocycles. The number of halogens is 1. The molecule has 1 N–H and O–H groups in total. The van der Waals surface area contributed by atoms with Crippen molar-refractivity contribution in [3.63, 3.8) is 0 Å². The fraction of sp³-hybridized carbons (Fsp3) is 0.625. The molecule has 1 heterocycles. The van der Waals surface area contributed by atoms with Crippen molar-refractivity contribution >= 4 is 15.9 Å². The second-order valence-corrected chi connectivity index (χ2v) is 6.32. The van der Waals surface area contributed by atoms with Crippen molar-refractivity contribution in [2.24, 2.45) is 0 Å². The van der Waals surface area contributed by atoms with Gasteiger partial charge in [-0.15, -0.1) is 0 Å². The van der Waals surface area contributed by atoms with E-state index in [1.54, 1.807) is 0 Å². The average Bonchev–Trinajstić information content (AvgIpc) is 2.42. The number of unbranched alkanes of at least 4 members (excludes halogenated alkanes) is 1. The van der Waals surface area contributed by atoms with Crippen molar-refractivity contribution in [3.05, 3.63) is 33.8 Å². The number of nitrogens with zero attached hydrogens (tertiary/aromatic N) is 1. The number of hydrogen-bond acceptors (Lipinski definition) is 2. The lowest BCUT2D eigenvalue weighted by molar-refractivity contribution is 0.162. The first-order valence-electron chi connectivity index (χ1n) is 7.43. The van der Waals surface area contributed by atoms with Crippen LogP contribution in [0.15, 0.2) is 22.7 Å². The summed E-state index contributed by atoms with van der Waals surface area (Å²) < 4.78 is 1.27. The Labute approximate surface area is 125 Å². The largest absolute Gasteiger partial charge is 0.314 e. The highest BCUT2D eigenvalue weighted by Crippen LogP contribution is 2.32. The molecular formula is C16H25BrN2. The lowest BCUT2D eigenvalue weighted by Gasteiger charge is -2.36. The Kier molecular flexibility index (Phi) is 5.86. The second kappa shape index (κ2) is 7.41. The van der Waals surface area contributed by atoms with Gasteiger partial charge < -0.3 is 5.32 Å². The predicted octanol–water partition coefficient (Wildman–Crippen LogP) is 3.89. The lowest BCUT2D eigenvalue weighted by Crippen LogP contribution is -2.45. The van der Waals surface area contributed by atoms with Crippen molar-refractivity contribution in [3.8, 4) is 0 Å². The van der Waals surface area contributed by atoms with Gasteiger partial charge in [0.15, 0.2) is 0 Å². The Hall–Kier alpha value is -0.380.